The molecule has 2 aromatic rings. The zero-order valence-corrected chi connectivity index (χ0v) is 19.1. The number of piperidine rings is 1. The SMILES string of the molecule is O=C(NCc1ccc(Cl)c(Cl)c1)c1cc(S(=O)(=O)N2CCCCC2)c(Cl)cc1Cl. The Hall–Kier alpha value is -1.02. The standard InChI is InChI=1S/C19H18Cl4N2O3S/c20-14-5-4-12(8-16(14)22)11-24-19(26)13-9-18(17(23)10-15(13)21)29(27,28)25-6-2-1-3-7-25/h4-5,8-10H,1-3,6-7,11H2,(H,24,26). The maximum atomic E-state index is 13.0. The van der Waals surface area contributed by atoms with Crippen molar-refractivity contribution in [3.8, 4) is 0 Å². The number of benzene rings is 2. The third kappa shape index (κ3) is 5.19. The van der Waals surface area contributed by atoms with E-state index in [-0.39, 0.29) is 27.0 Å². The summed E-state index contributed by atoms with van der Waals surface area (Å²) < 4.78 is 27.4. The molecule has 0 aliphatic carbocycles. The first-order chi connectivity index (χ1) is 13.7. The van der Waals surface area contributed by atoms with Gasteiger partial charge in [0.05, 0.1) is 25.7 Å². The van der Waals surface area contributed by atoms with Gasteiger partial charge in [-0.05, 0) is 42.7 Å². The lowest BCUT2D eigenvalue weighted by Crippen LogP contribution is -2.36. The average molecular weight is 496 g/mol. The molecule has 1 aliphatic heterocycles. The summed E-state index contributed by atoms with van der Waals surface area (Å²) in [7, 11) is -3.81. The van der Waals surface area contributed by atoms with Crippen LogP contribution in [-0.2, 0) is 16.6 Å². The van der Waals surface area contributed by atoms with Crippen molar-refractivity contribution >= 4 is 62.3 Å². The summed E-state index contributed by atoms with van der Waals surface area (Å²) in [5.74, 6) is -0.521. The van der Waals surface area contributed by atoms with Crippen LogP contribution in [0.3, 0.4) is 0 Å². The number of nitrogens with one attached hydrogen (secondary N) is 1. The van der Waals surface area contributed by atoms with Gasteiger partial charge in [0.15, 0.2) is 0 Å². The lowest BCUT2D eigenvalue weighted by atomic mass is 10.2. The fourth-order valence-corrected chi connectivity index (χ4v) is 5.74. The molecular weight excluding hydrogens is 478 g/mol. The Bertz CT molecular complexity index is 1040. The number of hydrogen-bond donors (Lipinski definition) is 1. The first kappa shape index (κ1) is 22.7. The van der Waals surface area contributed by atoms with Gasteiger partial charge in [-0.3, -0.25) is 4.79 Å². The van der Waals surface area contributed by atoms with E-state index in [1.807, 2.05) is 0 Å². The van der Waals surface area contributed by atoms with Crippen molar-refractivity contribution in [2.75, 3.05) is 13.1 Å². The summed E-state index contributed by atoms with van der Waals surface area (Å²) in [4.78, 5) is 12.5. The number of hydrogen-bond acceptors (Lipinski definition) is 3. The highest BCUT2D eigenvalue weighted by Gasteiger charge is 2.29. The highest BCUT2D eigenvalue weighted by Crippen LogP contribution is 2.32. The predicted octanol–water partition coefficient (Wildman–Crippen LogP) is 5.40. The van der Waals surface area contributed by atoms with Gasteiger partial charge in [-0.1, -0.05) is 58.9 Å². The monoisotopic (exact) mass is 494 g/mol. The van der Waals surface area contributed by atoms with Gasteiger partial charge in [0, 0.05) is 19.6 Å². The quantitative estimate of drug-likeness (QED) is 0.603. The van der Waals surface area contributed by atoms with Gasteiger partial charge >= 0.3 is 0 Å². The highest BCUT2D eigenvalue weighted by molar-refractivity contribution is 7.89. The molecule has 1 aliphatic rings. The second kappa shape index (κ2) is 9.41. The number of carbonyl (C=O) groups is 1. The van der Waals surface area contributed by atoms with Crippen LogP contribution in [0.1, 0.15) is 35.2 Å². The number of nitrogens with zero attached hydrogens (tertiary/aromatic N) is 1. The molecule has 1 heterocycles. The van der Waals surface area contributed by atoms with E-state index in [4.69, 9.17) is 46.4 Å². The number of halogens is 4. The van der Waals surface area contributed by atoms with Gasteiger partial charge in [0.25, 0.3) is 5.91 Å². The molecule has 0 aromatic heterocycles. The Morgan fingerprint density at radius 2 is 1.59 bits per heavy atom. The summed E-state index contributed by atoms with van der Waals surface area (Å²) in [6.07, 6.45) is 2.58. The number of rotatable bonds is 5. The molecule has 1 saturated heterocycles. The van der Waals surface area contributed by atoms with Crippen molar-refractivity contribution in [1.29, 1.82) is 0 Å². The van der Waals surface area contributed by atoms with Gasteiger partial charge in [0.2, 0.25) is 10.0 Å². The average Bonchev–Trinajstić information content (AvgIpc) is 2.69. The molecule has 1 fully saturated rings. The predicted molar refractivity (Wildman–Crippen MR) is 117 cm³/mol. The second-order valence-electron chi connectivity index (χ2n) is 6.66. The van der Waals surface area contributed by atoms with Crippen LogP contribution in [0.5, 0.6) is 0 Å². The molecule has 3 rings (SSSR count). The van der Waals surface area contributed by atoms with Crippen LogP contribution in [0.2, 0.25) is 20.1 Å². The zero-order valence-electron chi connectivity index (χ0n) is 15.2. The molecule has 0 atom stereocenters. The molecule has 2 aromatic carbocycles. The van der Waals surface area contributed by atoms with Crippen LogP contribution in [0, 0.1) is 0 Å². The van der Waals surface area contributed by atoms with E-state index in [0.29, 0.717) is 23.1 Å². The lowest BCUT2D eigenvalue weighted by molar-refractivity contribution is 0.0951. The minimum Gasteiger partial charge on any atom is -0.348 e. The minimum atomic E-state index is -3.81. The van der Waals surface area contributed by atoms with Crippen molar-refractivity contribution in [2.45, 2.75) is 30.7 Å². The van der Waals surface area contributed by atoms with Gasteiger partial charge in [-0.15, -0.1) is 0 Å². The summed E-state index contributed by atoms with van der Waals surface area (Å²) in [5, 5.41) is 3.55. The van der Waals surface area contributed by atoms with Crippen LogP contribution < -0.4 is 5.32 Å². The zero-order chi connectivity index (χ0) is 21.2. The first-order valence-corrected chi connectivity index (χ1v) is 11.9. The van der Waals surface area contributed by atoms with Crippen molar-refractivity contribution in [3.63, 3.8) is 0 Å². The summed E-state index contributed by atoms with van der Waals surface area (Å²) >= 11 is 24.2. The molecule has 5 nitrogen and oxygen atoms in total. The number of sulfonamides is 1. The van der Waals surface area contributed by atoms with Gasteiger partial charge in [-0.2, -0.15) is 4.31 Å². The normalized spacial score (nSPS) is 15.3. The Labute approximate surface area is 189 Å². The Morgan fingerprint density at radius 1 is 0.897 bits per heavy atom. The first-order valence-electron chi connectivity index (χ1n) is 8.91. The van der Waals surface area contributed by atoms with Crippen molar-refractivity contribution < 1.29 is 13.2 Å². The Morgan fingerprint density at radius 3 is 2.24 bits per heavy atom. The summed E-state index contributed by atoms with van der Waals surface area (Å²) in [6.45, 7) is 1.03. The molecule has 1 amide bonds. The smallest absolute Gasteiger partial charge is 0.253 e. The van der Waals surface area contributed by atoms with E-state index < -0.39 is 15.9 Å². The largest absolute Gasteiger partial charge is 0.348 e. The molecule has 10 heteroatoms. The highest BCUT2D eigenvalue weighted by atomic mass is 35.5. The fourth-order valence-electron chi connectivity index (χ4n) is 3.07. The van der Waals surface area contributed by atoms with Gasteiger partial charge in [0.1, 0.15) is 4.90 Å². The molecule has 1 N–H and O–H groups in total. The van der Waals surface area contributed by atoms with Crippen molar-refractivity contribution in [3.05, 3.63) is 61.5 Å². The van der Waals surface area contributed by atoms with Crippen LogP contribution >= 0.6 is 46.4 Å². The molecule has 0 bridgehead atoms. The van der Waals surface area contributed by atoms with Crippen LogP contribution in [0.25, 0.3) is 0 Å². The lowest BCUT2D eigenvalue weighted by Gasteiger charge is -2.26. The second-order valence-corrected chi connectivity index (χ2v) is 10.2. The van der Waals surface area contributed by atoms with Crippen molar-refractivity contribution in [1.82, 2.24) is 9.62 Å². The number of amides is 1. The summed E-state index contributed by atoms with van der Waals surface area (Å²) in [5.41, 5.74) is 0.769. The number of carbonyl (C=O) groups excluding carboxylic acids is 1. The molecule has 29 heavy (non-hydrogen) atoms. The third-order valence-electron chi connectivity index (χ3n) is 4.64. The molecule has 0 unspecified atom stereocenters. The molecule has 0 saturated carbocycles. The van der Waals surface area contributed by atoms with Crippen LogP contribution in [-0.4, -0.2) is 31.7 Å². The van der Waals surface area contributed by atoms with E-state index in [1.54, 1.807) is 18.2 Å². The molecule has 156 valence electrons. The van der Waals surface area contributed by atoms with Gasteiger partial charge in [-0.25, -0.2) is 8.42 Å². The summed E-state index contributed by atoms with van der Waals surface area (Å²) in [6, 6.07) is 7.51. The van der Waals surface area contributed by atoms with Gasteiger partial charge < -0.3 is 5.32 Å². The van der Waals surface area contributed by atoms with Crippen molar-refractivity contribution in [2.24, 2.45) is 0 Å². The van der Waals surface area contributed by atoms with E-state index >= 15 is 0 Å². The fraction of sp³-hybridized carbons (Fsp3) is 0.316. The topological polar surface area (TPSA) is 66.5 Å². The van der Waals surface area contributed by atoms with Crippen LogP contribution in [0.4, 0.5) is 0 Å². The molecular formula is C19H18Cl4N2O3S. The van der Waals surface area contributed by atoms with E-state index in [2.05, 4.69) is 5.32 Å². The minimum absolute atomic E-state index is 0.0124. The van der Waals surface area contributed by atoms with E-state index in [9.17, 15) is 13.2 Å². The maximum Gasteiger partial charge on any atom is 0.253 e. The molecule has 0 radical (unpaired) electrons. The Balaban J connectivity index is 1.84. The third-order valence-corrected chi connectivity index (χ3v) is 8.05. The van der Waals surface area contributed by atoms with Crippen LogP contribution in [0.15, 0.2) is 35.2 Å². The van der Waals surface area contributed by atoms with E-state index in [0.717, 1.165) is 24.8 Å². The maximum absolute atomic E-state index is 13.0. The van der Waals surface area contributed by atoms with E-state index in [1.165, 1.54) is 16.4 Å². The Kier molecular flexibility index (Phi) is 7.36. The molecule has 0 spiro atoms.